The molecular weight excluding hydrogens is 266 g/mol. The lowest BCUT2D eigenvalue weighted by Crippen LogP contribution is -2.30. The zero-order valence-electron chi connectivity index (χ0n) is 12.4. The van der Waals surface area contributed by atoms with Gasteiger partial charge >= 0.3 is 0 Å². The second-order valence-corrected chi connectivity index (χ2v) is 5.97. The summed E-state index contributed by atoms with van der Waals surface area (Å²) >= 11 is 6.02. The van der Waals surface area contributed by atoms with E-state index in [1.54, 1.807) is 0 Å². The molecule has 1 N–H and O–H groups in total. The van der Waals surface area contributed by atoms with E-state index in [0.29, 0.717) is 12.1 Å². The van der Waals surface area contributed by atoms with Crippen LogP contribution >= 0.6 is 11.6 Å². The van der Waals surface area contributed by atoms with E-state index in [9.17, 15) is 0 Å². The lowest BCUT2D eigenvalue weighted by atomic mass is 10.0. The summed E-state index contributed by atoms with van der Waals surface area (Å²) in [5.41, 5.74) is 3.90. The summed E-state index contributed by atoms with van der Waals surface area (Å²) in [6.07, 6.45) is 0.983. The van der Waals surface area contributed by atoms with Crippen LogP contribution in [0.3, 0.4) is 0 Å². The minimum absolute atomic E-state index is 0.352. The second-order valence-electron chi connectivity index (χ2n) is 5.53. The van der Waals surface area contributed by atoms with Crippen molar-refractivity contribution in [1.29, 1.82) is 0 Å². The number of hydrogen-bond donors (Lipinski definition) is 1. The van der Waals surface area contributed by atoms with Crippen molar-refractivity contribution in [3.63, 3.8) is 0 Å². The second kappa shape index (κ2) is 6.92. The van der Waals surface area contributed by atoms with Crippen molar-refractivity contribution in [2.45, 2.75) is 39.3 Å². The van der Waals surface area contributed by atoms with Gasteiger partial charge in [-0.05, 0) is 50.5 Å². The smallest absolute Gasteiger partial charge is 0.0408 e. The lowest BCUT2D eigenvalue weighted by Gasteiger charge is -2.20. The fourth-order valence-electron chi connectivity index (χ4n) is 2.45. The SMILES string of the molecule is Cc1ccc(C(C)NC(C)Cc2cccc(Cl)c2)cc1. The van der Waals surface area contributed by atoms with Crippen LogP contribution in [-0.2, 0) is 6.42 Å². The Hall–Kier alpha value is -1.31. The topological polar surface area (TPSA) is 12.0 Å². The van der Waals surface area contributed by atoms with Crippen molar-refractivity contribution in [3.8, 4) is 0 Å². The van der Waals surface area contributed by atoms with E-state index in [4.69, 9.17) is 11.6 Å². The third-order valence-electron chi connectivity index (χ3n) is 3.54. The van der Waals surface area contributed by atoms with Crippen molar-refractivity contribution in [1.82, 2.24) is 5.32 Å². The summed E-state index contributed by atoms with van der Waals surface area (Å²) in [5.74, 6) is 0. The average molecular weight is 288 g/mol. The van der Waals surface area contributed by atoms with Crippen molar-refractivity contribution in [2.24, 2.45) is 0 Å². The summed E-state index contributed by atoms with van der Waals surface area (Å²) in [6, 6.07) is 17.6. The zero-order valence-corrected chi connectivity index (χ0v) is 13.1. The predicted molar refractivity (Wildman–Crippen MR) is 87.3 cm³/mol. The van der Waals surface area contributed by atoms with Gasteiger partial charge in [0.25, 0.3) is 0 Å². The van der Waals surface area contributed by atoms with Crippen LogP contribution in [-0.4, -0.2) is 6.04 Å². The van der Waals surface area contributed by atoms with Crippen molar-refractivity contribution in [2.75, 3.05) is 0 Å². The molecule has 0 heterocycles. The monoisotopic (exact) mass is 287 g/mol. The van der Waals surface area contributed by atoms with Crippen LogP contribution in [0.25, 0.3) is 0 Å². The molecule has 0 aliphatic rings. The number of halogens is 1. The Labute approximate surface area is 127 Å². The third kappa shape index (κ3) is 4.36. The Balaban J connectivity index is 1.93. The first-order valence-electron chi connectivity index (χ1n) is 7.11. The average Bonchev–Trinajstić information content (AvgIpc) is 2.39. The minimum atomic E-state index is 0.352. The molecule has 0 aliphatic carbocycles. The molecule has 2 unspecified atom stereocenters. The van der Waals surface area contributed by atoms with Crippen LogP contribution in [0.1, 0.15) is 36.6 Å². The number of hydrogen-bond acceptors (Lipinski definition) is 1. The lowest BCUT2D eigenvalue weighted by molar-refractivity contribution is 0.477. The van der Waals surface area contributed by atoms with Gasteiger partial charge in [0.05, 0.1) is 0 Å². The third-order valence-corrected chi connectivity index (χ3v) is 3.78. The van der Waals surface area contributed by atoms with Crippen LogP contribution in [0.5, 0.6) is 0 Å². The summed E-state index contributed by atoms with van der Waals surface area (Å²) in [7, 11) is 0. The van der Waals surface area contributed by atoms with Crippen LogP contribution < -0.4 is 5.32 Å². The molecule has 2 aromatic carbocycles. The van der Waals surface area contributed by atoms with Gasteiger partial charge in [-0.3, -0.25) is 0 Å². The van der Waals surface area contributed by atoms with Gasteiger partial charge in [-0.15, -0.1) is 0 Å². The Morgan fingerprint density at radius 3 is 2.40 bits per heavy atom. The highest BCUT2D eigenvalue weighted by Gasteiger charge is 2.10. The Kier molecular flexibility index (Phi) is 5.22. The van der Waals surface area contributed by atoms with E-state index in [1.165, 1.54) is 16.7 Å². The molecule has 2 atom stereocenters. The molecule has 1 nitrogen and oxygen atoms in total. The molecule has 0 fully saturated rings. The predicted octanol–water partition coefficient (Wildman–Crippen LogP) is 4.93. The van der Waals surface area contributed by atoms with Crippen molar-refractivity contribution >= 4 is 11.6 Å². The summed E-state index contributed by atoms with van der Waals surface area (Å²) in [5, 5.41) is 4.45. The molecule has 0 spiro atoms. The van der Waals surface area contributed by atoms with Gasteiger partial charge in [-0.2, -0.15) is 0 Å². The normalized spacial score (nSPS) is 14.0. The molecule has 0 aromatic heterocycles. The fraction of sp³-hybridized carbons (Fsp3) is 0.333. The van der Waals surface area contributed by atoms with Crippen molar-refractivity contribution < 1.29 is 0 Å². The fourth-order valence-corrected chi connectivity index (χ4v) is 2.67. The van der Waals surface area contributed by atoms with E-state index >= 15 is 0 Å². The standard InChI is InChI=1S/C18H22ClN/c1-13-7-9-17(10-8-13)15(3)20-14(2)11-16-5-4-6-18(19)12-16/h4-10,12,14-15,20H,11H2,1-3H3. The van der Waals surface area contributed by atoms with E-state index < -0.39 is 0 Å². The van der Waals surface area contributed by atoms with E-state index in [-0.39, 0.29) is 0 Å². The summed E-state index contributed by atoms with van der Waals surface area (Å²) in [6.45, 7) is 6.54. The van der Waals surface area contributed by atoms with Gasteiger partial charge in [0.15, 0.2) is 0 Å². The largest absolute Gasteiger partial charge is 0.307 e. The maximum Gasteiger partial charge on any atom is 0.0408 e. The molecule has 106 valence electrons. The minimum Gasteiger partial charge on any atom is -0.307 e. The first kappa shape index (κ1) is 15.1. The Morgan fingerprint density at radius 2 is 1.75 bits per heavy atom. The van der Waals surface area contributed by atoms with Gasteiger partial charge in [-0.1, -0.05) is 53.6 Å². The van der Waals surface area contributed by atoms with Crippen molar-refractivity contribution in [3.05, 3.63) is 70.2 Å². The first-order valence-corrected chi connectivity index (χ1v) is 7.49. The highest BCUT2D eigenvalue weighted by Crippen LogP contribution is 2.16. The van der Waals surface area contributed by atoms with Gasteiger partial charge < -0.3 is 5.32 Å². The molecule has 0 bridgehead atoms. The highest BCUT2D eigenvalue weighted by molar-refractivity contribution is 6.30. The van der Waals surface area contributed by atoms with Crippen LogP contribution in [0, 0.1) is 6.92 Å². The van der Waals surface area contributed by atoms with E-state index in [2.05, 4.69) is 56.4 Å². The van der Waals surface area contributed by atoms with Gasteiger partial charge in [0, 0.05) is 17.1 Å². The number of rotatable bonds is 5. The quantitative estimate of drug-likeness (QED) is 0.822. The van der Waals surface area contributed by atoms with Gasteiger partial charge in [-0.25, -0.2) is 0 Å². The first-order chi connectivity index (χ1) is 9.54. The molecule has 0 saturated carbocycles. The molecule has 0 radical (unpaired) electrons. The molecule has 0 amide bonds. The molecule has 0 aliphatic heterocycles. The summed E-state index contributed by atoms with van der Waals surface area (Å²) in [4.78, 5) is 0. The van der Waals surface area contributed by atoms with Gasteiger partial charge in [0.1, 0.15) is 0 Å². The number of nitrogens with one attached hydrogen (secondary N) is 1. The van der Waals surface area contributed by atoms with E-state index in [1.807, 2.05) is 18.2 Å². The Morgan fingerprint density at radius 1 is 1.05 bits per heavy atom. The molecule has 2 heteroatoms. The van der Waals surface area contributed by atoms with Crippen LogP contribution in [0.15, 0.2) is 48.5 Å². The maximum atomic E-state index is 6.02. The van der Waals surface area contributed by atoms with Crippen LogP contribution in [0.4, 0.5) is 0 Å². The highest BCUT2D eigenvalue weighted by atomic mass is 35.5. The number of benzene rings is 2. The molecular formula is C18H22ClN. The molecule has 20 heavy (non-hydrogen) atoms. The molecule has 2 aromatic rings. The van der Waals surface area contributed by atoms with Gasteiger partial charge in [0.2, 0.25) is 0 Å². The van der Waals surface area contributed by atoms with Crippen LogP contribution in [0.2, 0.25) is 5.02 Å². The Bertz CT molecular complexity index is 548. The maximum absolute atomic E-state index is 6.02. The molecule has 0 saturated heterocycles. The van der Waals surface area contributed by atoms with E-state index in [0.717, 1.165) is 11.4 Å². The molecule has 2 rings (SSSR count). The summed E-state index contributed by atoms with van der Waals surface area (Å²) < 4.78 is 0. The number of aryl methyl sites for hydroxylation is 1. The zero-order chi connectivity index (χ0) is 14.5.